The zero-order chi connectivity index (χ0) is 25.6. The normalized spacial score (nSPS) is 14.8. The molecule has 1 aliphatic heterocycles. The van der Waals surface area contributed by atoms with Gasteiger partial charge in [0.25, 0.3) is 0 Å². The summed E-state index contributed by atoms with van der Waals surface area (Å²) >= 11 is 6.48. The Morgan fingerprint density at radius 3 is 2.84 bits per heavy atom. The molecule has 2 aromatic heterocycles. The van der Waals surface area contributed by atoms with Crippen LogP contribution < -0.4 is 25.4 Å². The van der Waals surface area contributed by atoms with Crippen LogP contribution in [0.3, 0.4) is 0 Å². The zero-order valence-electron chi connectivity index (χ0n) is 19.9. The van der Waals surface area contributed by atoms with E-state index in [0.717, 1.165) is 25.2 Å². The molecule has 1 unspecified atom stereocenters. The van der Waals surface area contributed by atoms with Gasteiger partial charge in [-0.05, 0) is 55.4 Å². The molecule has 9 nitrogen and oxygen atoms in total. The van der Waals surface area contributed by atoms with Gasteiger partial charge in [-0.25, -0.2) is 9.97 Å². The van der Waals surface area contributed by atoms with Gasteiger partial charge in [0, 0.05) is 29.9 Å². The summed E-state index contributed by atoms with van der Waals surface area (Å²) in [6.45, 7) is 5.48. The summed E-state index contributed by atoms with van der Waals surface area (Å²) in [6.07, 6.45) is 5.29. The summed E-state index contributed by atoms with van der Waals surface area (Å²) in [5, 5.41) is 10.5. The first-order valence-electron chi connectivity index (χ1n) is 11.8. The maximum atomic E-state index is 12.1. The predicted octanol–water partition coefficient (Wildman–Crippen LogP) is 4.87. The fraction of sp³-hybridized carbons (Fsp3) is 0.185. The number of pyridine rings is 1. The lowest BCUT2D eigenvalue weighted by Crippen LogP contribution is -2.20. The molecule has 0 aliphatic carbocycles. The van der Waals surface area contributed by atoms with Crippen LogP contribution in [0, 0.1) is 0 Å². The van der Waals surface area contributed by atoms with Gasteiger partial charge in [-0.1, -0.05) is 24.2 Å². The van der Waals surface area contributed by atoms with Crippen LogP contribution in [-0.2, 0) is 11.4 Å². The summed E-state index contributed by atoms with van der Waals surface area (Å²) in [5.74, 6) is 1.29. The Labute approximate surface area is 218 Å². The lowest BCUT2D eigenvalue weighted by atomic mass is 10.1. The Morgan fingerprint density at radius 1 is 1.16 bits per heavy atom. The molecule has 5 rings (SSSR count). The number of ether oxygens (including phenoxy) is 2. The number of hydrogen-bond acceptors (Lipinski definition) is 8. The Hall–Kier alpha value is -4.21. The van der Waals surface area contributed by atoms with E-state index in [2.05, 4.69) is 37.5 Å². The summed E-state index contributed by atoms with van der Waals surface area (Å²) < 4.78 is 12.0. The minimum atomic E-state index is -0.340. The minimum absolute atomic E-state index is 0.0109. The first-order chi connectivity index (χ1) is 18.1. The van der Waals surface area contributed by atoms with Crippen LogP contribution in [0.15, 0.2) is 73.7 Å². The Balaban J connectivity index is 1.40. The second kappa shape index (κ2) is 11.2. The molecule has 1 fully saturated rings. The SMILES string of the molecule is C=CC(=O)Nc1cc2c(Nc3ccc(OCc4ccccn4)c(Cl)c3)ncnc2cc1OC1CCNC1. The molecule has 1 atom stereocenters. The predicted molar refractivity (Wildman–Crippen MR) is 144 cm³/mol. The third kappa shape index (κ3) is 5.96. The number of fused-ring (bicyclic) bond motifs is 1. The van der Waals surface area contributed by atoms with E-state index < -0.39 is 0 Å². The van der Waals surface area contributed by atoms with Crippen molar-refractivity contribution >= 4 is 45.6 Å². The Bertz CT molecular complexity index is 1430. The van der Waals surface area contributed by atoms with Crippen LogP contribution in [0.4, 0.5) is 17.2 Å². The Kier molecular flexibility index (Phi) is 7.43. The van der Waals surface area contributed by atoms with Gasteiger partial charge in [0.15, 0.2) is 0 Å². The largest absolute Gasteiger partial charge is 0.487 e. The van der Waals surface area contributed by atoms with Crippen molar-refractivity contribution in [2.75, 3.05) is 23.7 Å². The second-order valence-corrected chi connectivity index (χ2v) is 8.80. The summed E-state index contributed by atoms with van der Waals surface area (Å²) in [4.78, 5) is 25.2. The monoisotopic (exact) mass is 516 g/mol. The van der Waals surface area contributed by atoms with Gasteiger partial charge in [-0.15, -0.1) is 0 Å². The van der Waals surface area contributed by atoms with E-state index in [1.165, 1.54) is 12.4 Å². The van der Waals surface area contributed by atoms with Crippen LogP contribution >= 0.6 is 11.6 Å². The molecule has 0 spiro atoms. The van der Waals surface area contributed by atoms with E-state index >= 15 is 0 Å². The number of benzene rings is 2. The van der Waals surface area contributed by atoms with E-state index in [9.17, 15) is 4.79 Å². The van der Waals surface area contributed by atoms with Crippen molar-refractivity contribution in [3.05, 3.63) is 84.4 Å². The van der Waals surface area contributed by atoms with Crippen molar-refractivity contribution in [2.45, 2.75) is 19.1 Å². The number of rotatable bonds is 9. The number of halogens is 1. The number of aromatic nitrogens is 3. The quantitative estimate of drug-likeness (QED) is 0.270. The highest BCUT2D eigenvalue weighted by Crippen LogP contribution is 2.35. The molecule has 1 aliphatic rings. The number of hydrogen-bond donors (Lipinski definition) is 3. The zero-order valence-corrected chi connectivity index (χ0v) is 20.7. The molecular formula is C27H25ClN6O3. The number of carbonyl (C=O) groups excluding carboxylic acids is 1. The van der Waals surface area contributed by atoms with E-state index in [-0.39, 0.29) is 12.0 Å². The fourth-order valence-corrected chi connectivity index (χ4v) is 4.17. The van der Waals surface area contributed by atoms with Crippen molar-refractivity contribution in [3.63, 3.8) is 0 Å². The number of carbonyl (C=O) groups is 1. The van der Waals surface area contributed by atoms with Gasteiger partial charge in [-0.2, -0.15) is 0 Å². The third-order valence-corrected chi connectivity index (χ3v) is 6.08. The molecule has 0 bridgehead atoms. The average Bonchev–Trinajstić information content (AvgIpc) is 3.42. The van der Waals surface area contributed by atoms with Crippen LogP contribution in [0.2, 0.25) is 5.02 Å². The van der Waals surface area contributed by atoms with Crippen LogP contribution in [0.25, 0.3) is 10.9 Å². The van der Waals surface area contributed by atoms with Crippen molar-refractivity contribution in [1.82, 2.24) is 20.3 Å². The van der Waals surface area contributed by atoms with Crippen LogP contribution in [0.5, 0.6) is 11.5 Å². The summed E-state index contributed by atoms with van der Waals surface area (Å²) in [7, 11) is 0. The standard InChI is InChI=1S/C27H25ClN6O3/c1-2-26(35)34-23-12-20-22(13-25(23)37-19-8-10-29-14-19)31-16-32-27(20)33-17-6-7-24(21(28)11-17)36-15-18-5-3-4-9-30-18/h2-7,9,11-13,16,19,29H,1,8,10,14-15H2,(H,34,35)(H,31,32,33). The first kappa shape index (κ1) is 24.5. The molecule has 2 aromatic carbocycles. The molecular weight excluding hydrogens is 492 g/mol. The second-order valence-electron chi connectivity index (χ2n) is 8.39. The van der Waals surface area contributed by atoms with E-state index in [1.807, 2.05) is 24.3 Å². The molecule has 3 N–H and O–H groups in total. The molecule has 1 saturated heterocycles. The molecule has 10 heteroatoms. The molecule has 188 valence electrons. The summed E-state index contributed by atoms with van der Waals surface area (Å²) in [6, 6.07) is 14.6. The third-order valence-electron chi connectivity index (χ3n) is 5.78. The fourth-order valence-electron chi connectivity index (χ4n) is 3.94. The van der Waals surface area contributed by atoms with Gasteiger partial charge in [0.2, 0.25) is 5.91 Å². The van der Waals surface area contributed by atoms with Gasteiger partial charge in [-0.3, -0.25) is 9.78 Å². The van der Waals surface area contributed by atoms with E-state index in [0.29, 0.717) is 51.2 Å². The van der Waals surface area contributed by atoms with Gasteiger partial charge in [0.05, 0.1) is 21.9 Å². The van der Waals surface area contributed by atoms with Crippen molar-refractivity contribution in [1.29, 1.82) is 0 Å². The number of nitrogens with one attached hydrogen (secondary N) is 3. The van der Waals surface area contributed by atoms with E-state index in [4.69, 9.17) is 21.1 Å². The summed E-state index contributed by atoms with van der Waals surface area (Å²) in [5.41, 5.74) is 2.69. The minimum Gasteiger partial charge on any atom is -0.487 e. The van der Waals surface area contributed by atoms with Gasteiger partial charge in [0.1, 0.15) is 36.4 Å². The average molecular weight is 517 g/mol. The number of anilines is 3. The number of nitrogens with zero attached hydrogens (tertiary/aromatic N) is 3. The highest BCUT2D eigenvalue weighted by molar-refractivity contribution is 6.32. The molecule has 37 heavy (non-hydrogen) atoms. The smallest absolute Gasteiger partial charge is 0.247 e. The van der Waals surface area contributed by atoms with Crippen LogP contribution in [-0.4, -0.2) is 40.1 Å². The lowest BCUT2D eigenvalue weighted by Gasteiger charge is -2.18. The molecule has 3 heterocycles. The van der Waals surface area contributed by atoms with Gasteiger partial charge < -0.3 is 25.4 Å². The maximum Gasteiger partial charge on any atom is 0.247 e. The first-order valence-corrected chi connectivity index (χ1v) is 12.2. The highest BCUT2D eigenvalue weighted by Gasteiger charge is 2.20. The maximum absolute atomic E-state index is 12.1. The topological polar surface area (TPSA) is 110 Å². The van der Waals surface area contributed by atoms with Crippen molar-refractivity contribution < 1.29 is 14.3 Å². The number of amides is 1. The van der Waals surface area contributed by atoms with Crippen molar-refractivity contribution in [3.8, 4) is 11.5 Å². The van der Waals surface area contributed by atoms with Crippen molar-refractivity contribution in [2.24, 2.45) is 0 Å². The van der Waals surface area contributed by atoms with E-state index in [1.54, 1.807) is 30.5 Å². The molecule has 0 saturated carbocycles. The lowest BCUT2D eigenvalue weighted by molar-refractivity contribution is -0.111. The molecule has 4 aromatic rings. The van der Waals surface area contributed by atoms with Gasteiger partial charge >= 0.3 is 0 Å². The molecule has 1 amide bonds. The molecule has 0 radical (unpaired) electrons. The highest BCUT2D eigenvalue weighted by atomic mass is 35.5. The van der Waals surface area contributed by atoms with Crippen LogP contribution in [0.1, 0.15) is 12.1 Å². The Morgan fingerprint density at radius 2 is 2.08 bits per heavy atom.